The van der Waals surface area contributed by atoms with E-state index in [4.69, 9.17) is 4.74 Å². The second-order valence-electron chi connectivity index (χ2n) is 6.32. The number of ether oxygens (including phenoxy) is 2. The van der Waals surface area contributed by atoms with E-state index in [9.17, 15) is 18.8 Å². The number of nitrogens with one attached hydrogen (secondary N) is 2. The van der Waals surface area contributed by atoms with Gasteiger partial charge in [-0.15, -0.1) is 11.8 Å². The van der Waals surface area contributed by atoms with Gasteiger partial charge in [0.25, 0.3) is 0 Å². The number of hydrogen-bond acceptors (Lipinski definition) is 6. The van der Waals surface area contributed by atoms with Gasteiger partial charge < -0.3 is 20.1 Å². The summed E-state index contributed by atoms with van der Waals surface area (Å²) in [7, 11) is 1.14. The molecule has 1 aromatic carbocycles. The third-order valence-electron chi connectivity index (χ3n) is 3.15. The van der Waals surface area contributed by atoms with Crippen LogP contribution in [-0.4, -0.2) is 42.5 Å². The Kier molecular flexibility index (Phi) is 8.08. The van der Waals surface area contributed by atoms with Gasteiger partial charge in [-0.2, -0.15) is 0 Å². The molecule has 2 amide bonds. The lowest BCUT2D eigenvalue weighted by Gasteiger charge is -2.22. The standard InChI is InChI=1S/C16H19FN2O5S.C2H6/c1-16(2,3)24-15(22)19-11-7-25-12-6-9(17)8(14(21)23-4)5-10(12)18-13(11)20;1-2/h5-6,11H,7H2,1-4H3,(H,18,20)(H,19,22);1-2H3/t11-;/m0./s1. The van der Waals surface area contributed by atoms with E-state index in [0.29, 0.717) is 4.90 Å². The summed E-state index contributed by atoms with van der Waals surface area (Å²) in [6.07, 6.45) is -0.722. The van der Waals surface area contributed by atoms with Crippen molar-refractivity contribution in [2.75, 3.05) is 18.2 Å². The average molecular weight is 400 g/mol. The highest BCUT2D eigenvalue weighted by Gasteiger charge is 2.29. The van der Waals surface area contributed by atoms with Crippen molar-refractivity contribution < 1.29 is 28.2 Å². The van der Waals surface area contributed by atoms with E-state index in [1.807, 2.05) is 13.8 Å². The number of rotatable bonds is 2. The maximum Gasteiger partial charge on any atom is 0.408 e. The van der Waals surface area contributed by atoms with Gasteiger partial charge in [-0.25, -0.2) is 14.0 Å². The van der Waals surface area contributed by atoms with E-state index >= 15 is 0 Å². The number of carbonyl (C=O) groups excluding carboxylic acids is 3. The minimum Gasteiger partial charge on any atom is -0.465 e. The fourth-order valence-corrected chi connectivity index (χ4v) is 3.10. The highest BCUT2D eigenvalue weighted by molar-refractivity contribution is 7.99. The van der Waals surface area contributed by atoms with Gasteiger partial charge in [0.1, 0.15) is 17.5 Å². The smallest absolute Gasteiger partial charge is 0.408 e. The summed E-state index contributed by atoms with van der Waals surface area (Å²) in [5.74, 6) is -1.88. The van der Waals surface area contributed by atoms with Gasteiger partial charge in [-0.1, -0.05) is 13.8 Å². The monoisotopic (exact) mass is 400 g/mol. The van der Waals surface area contributed by atoms with Crippen molar-refractivity contribution in [1.29, 1.82) is 0 Å². The fraction of sp³-hybridized carbons (Fsp3) is 0.500. The summed E-state index contributed by atoms with van der Waals surface area (Å²) >= 11 is 1.18. The van der Waals surface area contributed by atoms with E-state index in [0.717, 1.165) is 13.2 Å². The van der Waals surface area contributed by atoms with Gasteiger partial charge in [0, 0.05) is 10.6 Å². The Balaban J connectivity index is 0.00000176. The van der Waals surface area contributed by atoms with Crippen molar-refractivity contribution in [3.05, 3.63) is 23.5 Å². The van der Waals surface area contributed by atoms with Crippen molar-refractivity contribution in [3.8, 4) is 0 Å². The summed E-state index contributed by atoms with van der Waals surface area (Å²) in [4.78, 5) is 36.2. The van der Waals surface area contributed by atoms with Crippen LogP contribution in [0.2, 0.25) is 0 Å². The second kappa shape index (κ2) is 9.59. The Morgan fingerprint density at radius 1 is 1.30 bits per heavy atom. The van der Waals surface area contributed by atoms with Gasteiger partial charge in [0.05, 0.1) is 18.4 Å². The zero-order chi connectivity index (χ0) is 20.8. The summed E-state index contributed by atoms with van der Waals surface area (Å²) in [5, 5.41) is 5.07. The molecule has 0 spiro atoms. The Labute approximate surface area is 162 Å². The van der Waals surface area contributed by atoms with Crippen molar-refractivity contribution in [2.45, 2.75) is 51.2 Å². The van der Waals surface area contributed by atoms with E-state index in [1.165, 1.54) is 17.8 Å². The van der Waals surface area contributed by atoms with Gasteiger partial charge in [-0.3, -0.25) is 4.79 Å². The minimum atomic E-state index is -0.864. The number of esters is 1. The molecule has 1 aromatic rings. The van der Waals surface area contributed by atoms with Crippen molar-refractivity contribution in [2.24, 2.45) is 0 Å². The molecule has 1 aliphatic heterocycles. The van der Waals surface area contributed by atoms with Crippen LogP contribution in [0.15, 0.2) is 17.0 Å². The molecule has 1 heterocycles. The Morgan fingerprint density at radius 2 is 1.93 bits per heavy atom. The number of methoxy groups -OCH3 is 1. The van der Waals surface area contributed by atoms with Crippen molar-refractivity contribution in [3.63, 3.8) is 0 Å². The zero-order valence-corrected chi connectivity index (χ0v) is 17.1. The topological polar surface area (TPSA) is 93.7 Å². The molecule has 1 aliphatic rings. The zero-order valence-electron chi connectivity index (χ0n) is 16.3. The van der Waals surface area contributed by atoms with Crippen LogP contribution in [0.25, 0.3) is 0 Å². The highest BCUT2D eigenvalue weighted by atomic mass is 32.2. The molecule has 0 aliphatic carbocycles. The average Bonchev–Trinajstić information content (AvgIpc) is 2.73. The molecular weight excluding hydrogens is 375 g/mol. The molecule has 2 N–H and O–H groups in total. The summed E-state index contributed by atoms with van der Waals surface area (Å²) in [6.45, 7) is 9.13. The molecule has 0 radical (unpaired) electrons. The molecule has 27 heavy (non-hydrogen) atoms. The first-order valence-electron chi connectivity index (χ1n) is 8.46. The van der Waals surface area contributed by atoms with Crippen LogP contribution in [0.3, 0.4) is 0 Å². The largest absolute Gasteiger partial charge is 0.465 e. The Morgan fingerprint density at radius 3 is 2.48 bits per heavy atom. The molecule has 2 rings (SSSR count). The van der Waals surface area contributed by atoms with Crippen LogP contribution in [0.1, 0.15) is 45.0 Å². The van der Waals surface area contributed by atoms with Crippen LogP contribution >= 0.6 is 11.8 Å². The lowest BCUT2D eigenvalue weighted by atomic mass is 10.1. The number of anilines is 1. The molecule has 0 saturated carbocycles. The molecule has 1 atom stereocenters. The molecule has 9 heteroatoms. The van der Waals surface area contributed by atoms with Crippen molar-refractivity contribution in [1.82, 2.24) is 5.32 Å². The number of alkyl carbamates (subject to hydrolysis) is 1. The van der Waals surface area contributed by atoms with E-state index in [-0.39, 0.29) is 17.0 Å². The van der Waals surface area contributed by atoms with Crippen LogP contribution in [0.4, 0.5) is 14.9 Å². The molecular formula is C18H25FN2O5S. The van der Waals surface area contributed by atoms with Crippen LogP contribution in [0, 0.1) is 5.82 Å². The highest BCUT2D eigenvalue weighted by Crippen LogP contribution is 2.33. The van der Waals surface area contributed by atoms with Crippen molar-refractivity contribution >= 4 is 35.4 Å². The Bertz CT molecular complexity index is 718. The van der Waals surface area contributed by atoms with Crippen LogP contribution in [0.5, 0.6) is 0 Å². The predicted octanol–water partition coefficient (Wildman–Crippen LogP) is 3.58. The van der Waals surface area contributed by atoms with Gasteiger partial charge in [-0.05, 0) is 32.9 Å². The van der Waals surface area contributed by atoms with E-state index < -0.39 is 35.4 Å². The molecule has 0 bridgehead atoms. The fourth-order valence-electron chi connectivity index (χ4n) is 2.06. The first-order chi connectivity index (χ1) is 12.6. The van der Waals surface area contributed by atoms with Crippen LogP contribution in [-0.2, 0) is 14.3 Å². The van der Waals surface area contributed by atoms with Gasteiger partial charge in [0.2, 0.25) is 5.91 Å². The Hall–Kier alpha value is -2.29. The summed E-state index contributed by atoms with van der Waals surface area (Å²) < 4.78 is 23.7. The molecule has 0 aromatic heterocycles. The first-order valence-corrected chi connectivity index (χ1v) is 9.44. The third-order valence-corrected chi connectivity index (χ3v) is 4.29. The second-order valence-corrected chi connectivity index (χ2v) is 7.38. The summed E-state index contributed by atoms with van der Waals surface area (Å²) in [5.41, 5.74) is -0.689. The van der Waals surface area contributed by atoms with E-state index in [2.05, 4.69) is 15.4 Å². The van der Waals surface area contributed by atoms with Gasteiger partial charge in [0.15, 0.2) is 0 Å². The maximum absolute atomic E-state index is 14.0. The minimum absolute atomic E-state index is 0.190. The van der Waals surface area contributed by atoms with Crippen LogP contribution < -0.4 is 10.6 Å². The normalized spacial score (nSPS) is 16.0. The number of benzene rings is 1. The number of thioether (sulfide) groups is 1. The molecule has 0 unspecified atom stereocenters. The number of hydrogen-bond donors (Lipinski definition) is 2. The lowest BCUT2D eigenvalue weighted by Crippen LogP contribution is -2.46. The predicted molar refractivity (Wildman–Crippen MR) is 102 cm³/mol. The lowest BCUT2D eigenvalue weighted by molar-refractivity contribution is -0.117. The first kappa shape index (κ1) is 22.8. The number of fused-ring (bicyclic) bond motifs is 1. The number of amides is 2. The maximum atomic E-state index is 14.0. The van der Waals surface area contributed by atoms with E-state index in [1.54, 1.807) is 20.8 Å². The number of halogens is 1. The third kappa shape index (κ3) is 6.42. The molecule has 0 fully saturated rings. The SMILES string of the molecule is CC.COC(=O)c1cc2c(cc1F)SC[C@H](NC(=O)OC(C)(C)C)C(=O)N2. The number of carbonyl (C=O) groups is 3. The molecule has 7 nitrogen and oxygen atoms in total. The quantitative estimate of drug-likeness (QED) is 0.737. The van der Waals surface area contributed by atoms with Gasteiger partial charge >= 0.3 is 12.1 Å². The molecule has 0 saturated heterocycles. The summed E-state index contributed by atoms with van der Waals surface area (Å²) in [6, 6.07) is 1.51. The molecule has 150 valence electrons.